The smallest absolute Gasteiger partial charge is 0.384 e. The standard InChI is InChI=1S/C11H13ClF3NS/c1-17-6-2-5-16-10-4-3-8(7-9(10)12)11(13,14)15/h3-4,7,16H,2,5-6H2,1H3. The monoisotopic (exact) mass is 283 g/mol. The zero-order valence-corrected chi connectivity index (χ0v) is 10.8. The van der Waals surface area contributed by atoms with Crippen LogP contribution in [0.4, 0.5) is 18.9 Å². The molecule has 0 aliphatic carbocycles. The van der Waals surface area contributed by atoms with Crippen LogP contribution < -0.4 is 5.32 Å². The van der Waals surface area contributed by atoms with Crippen molar-refractivity contribution in [3.8, 4) is 0 Å². The second-order valence-corrected chi connectivity index (χ2v) is 4.86. The lowest BCUT2D eigenvalue weighted by molar-refractivity contribution is -0.137. The molecule has 0 amide bonds. The van der Waals surface area contributed by atoms with Crippen molar-refractivity contribution < 1.29 is 13.2 Å². The highest BCUT2D eigenvalue weighted by Crippen LogP contribution is 2.33. The number of rotatable bonds is 5. The van der Waals surface area contributed by atoms with Crippen LogP contribution in [0.1, 0.15) is 12.0 Å². The van der Waals surface area contributed by atoms with Crippen LogP contribution in [-0.2, 0) is 6.18 Å². The minimum atomic E-state index is -4.35. The molecule has 0 aliphatic rings. The van der Waals surface area contributed by atoms with Gasteiger partial charge >= 0.3 is 6.18 Å². The van der Waals surface area contributed by atoms with Gasteiger partial charge in [-0.15, -0.1) is 0 Å². The topological polar surface area (TPSA) is 12.0 Å². The highest BCUT2D eigenvalue weighted by Gasteiger charge is 2.30. The summed E-state index contributed by atoms with van der Waals surface area (Å²) in [6, 6.07) is 3.34. The van der Waals surface area contributed by atoms with Crippen molar-refractivity contribution in [1.82, 2.24) is 0 Å². The van der Waals surface area contributed by atoms with Crippen LogP contribution in [0.15, 0.2) is 18.2 Å². The second-order valence-electron chi connectivity index (χ2n) is 3.47. The molecule has 1 rings (SSSR count). The number of alkyl halides is 3. The molecule has 0 saturated carbocycles. The molecule has 0 aliphatic heterocycles. The Morgan fingerprint density at radius 3 is 2.59 bits per heavy atom. The summed E-state index contributed by atoms with van der Waals surface area (Å²) in [5.41, 5.74) is -0.182. The third kappa shape index (κ3) is 4.68. The molecule has 1 aromatic carbocycles. The Labute approximate surface area is 108 Å². The first kappa shape index (κ1) is 14.5. The average Bonchev–Trinajstić information content (AvgIpc) is 2.24. The van der Waals surface area contributed by atoms with Gasteiger partial charge < -0.3 is 5.32 Å². The van der Waals surface area contributed by atoms with Gasteiger partial charge in [0.05, 0.1) is 16.3 Å². The maximum absolute atomic E-state index is 12.4. The normalized spacial score (nSPS) is 11.6. The van der Waals surface area contributed by atoms with Gasteiger partial charge in [0.2, 0.25) is 0 Å². The molecule has 0 radical (unpaired) electrons. The molecule has 17 heavy (non-hydrogen) atoms. The largest absolute Gasteiger partial charge is 0.416 e. The molecule has 0 heterocycles. The molecule has 0 aromatic heterocycles. The number of halogens is 4. The van der Waals surface area contributed by atoms with Gasteiger partial charge in [0, 0.05) is 6.54 Å². The van der Waals surface area contributed by atoms with Crippen LogP contribution in [0.2, 0.25) is 5.02 Å². The quantitative estimate of drug-likeness (QED) is 0.797. The number of hydrogen-bond acceptors (Lipinski definition) is 2. The van der Waals surface area contributed by atoms with Gasteiger partial charge in [0.25, 0.3) is 0 Å². The highest BCUT2D eigenvalue weighted by atomic mass is 35.5. The predicted octanol–water partition coefficient (Wildman–Crippen LogP) is 4.52. The Bertz CT molecular complexity index is 368. The summed E-state index contributed by atoms with van der Waals surface area (Å²) in [7, 11) is 0. The lowest BCUT2D eigenvalue weighted by Crippen LogP contribution is -2.07. The molecule has 0 spiro atoms. The molecule has 0 saturated heterocycles. The van der Waals surface area contributed by atoms with Gasteiger partial charge in [-0.3, -0.25) is 0 Å². The summed E-state index contributed by atoms with van der Waals surface area (Å²) in [6.45, 7) is 0.700. The first-order chi connectivity index (χ1) is 7.95. The van der Waals surface area contributed by atoms with E-state index in [2.05, 4.69) is 5.32 Å². The lowest BCUT2D eigenvalue weighted by Gasteiger charge is -2.11. The highest BCUT2D eigenvalue weighted by molar-refractivity contribution is 7.98. The Kier molecular flexibility index (Phi) is 5.46. The summed E-state index contributed by atoms with van der Waals surface area (Å²) < 4.78 is 37.1. The summed E-state index contributed by atoms with van der Waals surface area (Å²) in [6.07, 6.45) is -1.40. The molecule has 1 aromatic rings. The molecular formula is C11H13ClF3NS. The summed E-state index contributed by atoms with van der Waals surface area (Å²) in [5, 5.41) is 3.11. The molecule has 0 unspecified atom stereocenters. The molecule has 96 valence electrons. The van der Waals surface area contributed by atoms with E-state index in [9.17, 15) is 13.2 Å². The van der Waals surface area contributed by atoms with Crippen molar-refractivity contribution in [3.63, 3.8) is 0 Å². The van der Waals surface area contributed by atoms with Crippen LogP contribution >= 0.6 is 23.4 Å². The molecule has 1 N–H and O–H groups in total. The Hall–Kier alpha value is -0.550. The van der Waals surface area contributed by atoms with Gasteiger partial charge in [0.1, 0.15) is 0 Å². The van der Waals surface area contributed by atoms with Crippen molar-refractivity contribution in [2.24, 2.45) is 0 Å². The Balaban J connectivity index is 2.64. The van der Waals surface area contributed by atoms with Crippen LogP contribution in [0.3, 0.4) is 0 Å². The first-order valence-electron chi connectivity index (χ1n) is 5.04. The molecular weight excluding hydrogens is 271 g/mol. The molecule has 0 fully saturated rings. The van der Waals surface area contributed by atoms with Crippen molar-refractivity contribution >= 4 is 29.1 Å². The minimum absolute atomic E-state index is 0.101. The van der Waals surface area contributed by atoms with E-state index in [4.69, 9.17) is 11.6 Å². The van der Waals surface area contributed by atoms with Gasteiger partial charge in [-0.1, -0.05) is 11.6 Å². The van der Waals surface area contributed by atoms with Gasteiger partial charge in [0.15, 0.2) is 0 Å². The van der Waals surface area contributed by atoms with Crippen LogP contribution in [0, 0.1) is 0 Å². The zero-order chi connectivity index (χ0) is 12.9. The fourth-order valence-corrected chi connectivity index (χ4v) is 1.95. The fraction of sp³-hybridized carbons (Fsp3) is 0.455. The molecule has 0 atom stereocenters. The van der Waals surface area contributed by atoms with E-state index in [1.54, 1.807) is 11.8 Å². The third-order valence-electron chi connectivity index (χ3n) is 2.14. The number of hydrogen-bond donors (Lipinski definition) is 1. The predicted molar refractivity (Wildman–Crippen MR) is 67.9 cm³/mol. The van der Waals surface area contributed by atoms with E-state index in [0.717, 1.165) is 24.3 Å². The number of anilines is 1. The third-order valence-corrected chi connectivity index (χ3v) is 3.15. The molecule has 0 bridgehead atoms. The van der Waals surface area contributed by atoms with Gasteiger partial charge in [-0.2, -0.15) is 24.9 Å². The summed E-state index contributed by atoms with van der Waals surface area (Å²) in [5.74, 6) is 1.01. The van der Waals surface area contributed by atoms with Crippen LogP contribution in [0.5, 0.6) is 0 Å². The Morgan fingerprint density at radius 1 is 1.35 bits per heavy atom. The average molecular weight is 284 g/mol. The van der Waals surface area contributed by atoms with Gasteiger partial charge in [-0.25, -0.2) is 0 Å². The van der Waals surface area contributed by atoms with Crippen LogP contribution in [-0.4, -0.2) is 18.6 Å². The first-order valence-corrected chi connectivity index (χ1v) is 6.82. The molecule has 6 heteroatoms. The van der Waals surface area contributed by atoms with E-state index in [0.29, 0.717) is 12.2 Å². The van der Waals surface area contributed by atoms with E-state index in [1.807, 2.05) is 6.26 Å². The second kappa shape index (κ2) is 6.40. The van der Waals surface area contributed by atoms with Crippen molar-refractivity contribution in [2.45, 2.75) is 12.6 Å². The number of benzene rings is 1. The van der Waals surface area contributed by atoms with E-state index in [-0.39, 0.29) is 5.02 Å². The van der Waals surface area contributed by atoms with Crippen LogP contribution in [0.25, 0.3) is 0 Å². The molecule has 1 nitrogen and oxygen atoms in total. The maximum Gasteiger partial charge on any atom is 0.416 e. The van der Waals surface area contributed by atoms with E-state index in [1.165, 1.54) is 6.07 Å². The summed E-state index contributed by atoms with van der Waals surface area (Å²) in [4.78, 5) is 0. The number of nitrogens with one attached hydrogen (secondary N) is 1. The zero-order valence-electron chi connectivity index (χ0n) is 9.27. The lowest BCUT2D eigenvalue weighted by atomic mass is 10.2. The minimum Gasteiger partial charge on any atom is -0.384 e. The van der Waals surface area contributed by atoms with Crippen molar-refractivity contribution in [2.75, 3.05) is 23.9 Å². The van der Waals surface area contributed by atoms with E-state index < -0.39 is 11.7 Å². The fourth-order valence-electron chi connectivity index (χ4n) is 1.27. The number of thioether (sulfide) groups is 1. The summed E-state index contributed by atoms with van der Waals surface area (Å²) >= 11 is 7.51. The van der Waals surface area contributed by atoms with Crippen molar-refractivity contribution in [3.05, 3.63) is 28.8 Å². The van der Waals surface area contributed by atoms with Gasteiger partial charge in [-0.05, 0) is 36.6 Å². The maximum atomic E-state index is 12.4. The van der Waals surface area contributed by atoms with E-state index >= 15 is 0 Å². The van der Waals surface area contributed by atoms with Crippen molar-refractivity contribution in [1.29, 1.82) is 0 Å². The Morgan fingerprint density at radius 2 is 2.06 bits per heavy atom. The SMILES string of the molecule is CSCCCNc1ccc(C(F)(F)F)cc1Cl.